The molecule has 70 valence electrons. The largest absolute Gasteiger partial charge is 0.496 e. The van der Waals surface area contributed by atoms with Gasteiger partial charge in [0, 0.05) is 10.9 Å². The molecule has 0 amide bonds. The zero-order valence-electron chi connectivity index (χ0n) is 7.26. The maximum absolute atomic E-state index is 5.25. The van der Waals surface area contributed by atoms with Gasteiger partial charge in [-0.3, -0.25) is 0 Å². The van der Waals surface area contributed by atoms with Crippen LogP contribution in [0, 0.1) is 0 Å². The van der Waals surface area contributed by atoms with Gasteiger partial charge in [-0.2, -0.15) is 0 Å². The lowest BCUT2D eigenvalue weighted by molar-refractivity contribution is 0.413. The molecule has 0 atom stereocenters. The number of para-hydroxylation sites is 1. The second kappa shape index (κ2) is 5.45. The average molecular weight is 306 g/mol. The van der Waals surface area contributed by atoms with Crippen LogP contribution in [0.15, 0.2) is 29.3 Å². The Morgan fingerprint density at radius 2 is 2.15 bits per heavy atom. The Morgan fingerprint density at radius 3 is 2.69 bits per heavy atom. The topological polar surface area (TPSA) is 9.23 Å². The second-order valence-electron chi connectivity index (χ2n) is 2.47. The molecule has 0 bridgehead atoms. The summed E-state index contributed by atoms with van der Waals surface area (Å²) in [6.45, 7) is 0. The van der Waals surface area contributed by atoms with E-state index in [2.05, 4.69) is 31.9 Å². The summed E-state index contributed by atoms with van der Waals surface area (Å²) >= 11 is 6.75. The maximum atomic E-state index is 5.25. The summed E-state index contributed by atoms with van der Waals surface area (Å²) in [6, 6.07) is 7.95. The van der Waals surface area contributed by atoms with Gasteiger partial charge >= 0.3 is 0 Å². The van der Waals surface area contributed by atoms with E-state index in [1.807, 2.05) is 29.3 Å². The van der Waals surface area contributed by atoms with Gasteiger partial charge in [0.1, 0.15) is 5.75 Å². The van der Waals surface area contributed by atoms with Gasteiger partial charge in [-0.05, 0) is 16.6 Å². The number of hydrogen-bond donors (Lipinski definition) is 0. The molecule has 0 aliphatic rings. The summed E-state index contributed by atoms with van der Waals surface area (Å²) < 4.78 is 5.25. The van der Waals surface area contributed by atoms with Crippen molar-refractivity contribution in [1.82, 2.24) is 0 Å². The predicted molar refractivity (Wildman–Crippen MR) is 63.7 cm³/mol. The fourth-order valence-electron chi connectivity index (χ4n) is 1.07. The highest BCUT2D eigenvalue weighted by molar-refractivity contribution is 9.11. The molecule has 0 aromatic heterocycles. The van der Waals surface area contributed by atoms with E-state index in [1.54, 1.807) is 7.11 Å². The van der Waals surface area contributed by atoms with E-state index in [-0.39, 0.29) is 0 Å². The first-order chi connectivity index (χ1) is 6.33. The molecule has 0 unspecified atom stereocenters. The minimum Gasteiger partial charge on any atom is -0.496 e. The molecule has 0 saturated carbocycles. The summed E-state index contributed by atoms with van der Waals surface area (Å²) in [7, 11) is 1.68. The number of methoxy groups -OCH3 is 1. The zero-order chi connectivity index (χ0) is 9.68. The van der Waals surface area contributed by atoms with Crippen molar-refractivity contribution < 1.29 is 4.74 Å². The lowest BCUT2D eigenvalue weighted by Gasteiger charge is -2.08. The van der Waals surface area contributed by atoms with Gasteiger partial charge in [0.25, 0.3) is 0 Å². The van der Waals surface area contributed by atoms with Crippen molar-refractivity contribution in [3.63, 3.8) is 0 Å². The van der Waals surface area contributed by atoms with Crippen molar-refractivity contribution in [2.75, 3.05) is 12.4 Å². The Morgan fingerprint density at radius 1 is 1.46 bits per heavy atom. The quantitative estimate of drug-likeness (QED) is 0.771. The molecule has 1 nitrogen and oxygen atoms in total. The average Bonchev–Trinajstić information content (AvgIpc) is 2.20. The number of alkyl halides is 1. The molecule has 0 aliphatic carbocycles. The maximum Gasteiger partial charge on any atom is 0.126 e. The Hall–Kier alpha value is -0.280. The molecule has 0 spiro atoms. The van der Waals surface area contributed by atoms with Crippen LogP contribution in [0.3, 0.4) is 0 Å². The third-order valence-corrected chi connectivity index (χ3v) is 2.89. The van der Waals surface area contributed by atoms with E-state index in [1.165, 1.54) is 0 Å². The lowest BCUT2D eigenvalue weighted by atomic mass is 10.1. The van der Waals surface area contributed by atoms with E-state index < -0.39 is 0 Å². The van der Waals surface area contributed by atoms with Crippen molar-refractivity contribution in [2.45, 2.75) is 0 Å². The van der Waals surface area contributed by atoms with Gasteiger partial charge in [0.2, 0.25) is 0 Å². The van der Waals surface area contributed by atoms with Crippen LogP contribution in [0.4, 0.5) is 0 Å². The first-order valence-electron chi connectivity index (χ1n) is 3.82. The SMILES string of the molecule is COc1ccccc1/C(=C/Br)CBr. The minimum atomic E-state index is 0.804. The standard InChI is InChI=1S/C10H10Br2O/c1-13-10-5-3-2-4-9(10)8(6-11)7-12/h2-6H,7H2,1H3/b8-6+. The van der Waals surface area contributed by atoms with Crippen LogP contribution in [0.1, 0.15) is 5.56 Å². The molecular weight excluding hydrogens is 296 g/mol. The Bertz CT molecular complexity index is 308. The van der Waals surface area contributed by atoms with Crippen molar-refractivity contribution >= 4 is 37.4 Å². The Kier molecular flexibility index (Phi) is 4.53. The normalized spacial score (nSPS) is 11.5. The van der Waals surface area contributed by atoms with Gasteiger partial charge < -0.3 is 4.74 Å². The first-order valence-corrected chi connectivity index (χ1v) is 5.85. The van der Waals surface area contributed by atoms with Gasteiger partial charge in [-0.25, -0.2) is 0 Å². The Labute approximate surface area is 95.1 Å². The third-order valence-electron chi connectivity index (χ3n) is 1.73. The highest BCUT2D eigenvalue weighted by atomic mass is 79.9. The summed E-state index contributed by atoms with van der Waals surface area (Å²) in [5, 5.41) is 0.804. The summed E-state index contributed by atoms with van der Waals surface area (Å²) in [6.07, 6.45) is 0. The van der Waals surface area contributed by atoms with Crippen molar-refractivity contribution in [2.24, 2.45) is 0 Å². The zero-order valence-corrected chi connectivity index (χ0v) is 10.4. The molecule has 13 heavy (non-hydrogen) atoms. The van der Waals surface area contributed by atoms with Crippen LogP contribution < -0.4 is 4.74 Å². The smallest absolute Gasteiger partial charge is 0.126 e. The number of ether oxygens (including phenoxy) is 1. The molecule has 1 aromatic carbocycles. The molecule has 0 fully saturated rings. The number of halogens is 2. The molecular formula is C10H10Br2O. The van der Waals surface area contributed by atoms with E-state index in [4.69, 9.17) is 4.74 Å². The molecule has 0 heterocycles. The summed E-state index contributed by atoms with van der Waals surface area (Å²) in [5.74, 6) is 0.896. The van der Waals surface area contributed by atoms with E-state index in [0.29, 0.717) is 0 Å². The van der Waals surface area contributed by atoms with Crippen LogP contribution in [0.5, 0.6) is 5.75 Å². The van der Waals surface area contributed by atoms with Crippen LogP contribution in [0.25, 0.3) is 5.57 Å². The third kappa shape index (κ3) is 2.58. The van der Waals surface area contributed by atoms with Crippen molar-refractivity contribution in [3.8, 4) is 5.75 Å². The fraction of sp³-hybridized carbons (Fsp3) is 0.200. The van der Waals surface area contributed by atoms with Crippen LogP contribution in [-0.4, -0.2) is 12.4 Å². The molecule has 0 aliphatic heterocycles. The van der Waals surface area contributed by atoms with Crippen LogP contribution >= 0.6 is 31.9 Å². The molecule has 3 heteroatoms. The molecule has 0 saturated heterocycles. The molecule has 1 aromatic rings. The number of hydrogen-bond acceptors (Lipinski definition) is 1. The number of benzene rings is 1. The minimum absolute atomic E-state index is 0.804. The number of allylic oxidation sites excluding steroid dienone is 1. The van der Waals surface area contributed by atoms with Gasteiger partial charge in [-0.1, -0.05) is 50.1 Å². The Balaban J connectivity index is 3.12. The fourth-order valence-corrected chi connectivity index (χ4v) is 2.38. The van der Waals surface area contributed by atoms with Gasteiger partial charge in [0.05, 0.1) is 7.11 Å². The van der Waals surface area contributed by atoms with Crippen LogP contribution in [0.2, 0.25) is 0 Å². The summed E-state index contributed by atoms with van der Waals surface area (Å²) in [5.41, 5.74) is 2.27. The molecule has 0 N–H and O–H groups in total. The van der Waals surface area contributed by atoms with E-state index in [9.17, 15) is 0 Å². The predicted octanol–water partition coefficient (Wildman–Crippen LogP) is 3.83. The second-order valence-corrected chi connectivity index (χ2v) is 3.49. The highest BCUT2D eigenvalue weighted by Gasteiger charge is 2.05. The first kappa shape index (κ1) is 10.8. The number of rotatable bonds is 3. The van der Waals surface area contributed by atoms with Gasteiger partial charge in [-0.15, -0.1) is 0 Å². The van der Waals surface area contributed by atoms with Crippen molar-refractivity contribution in [1.29, 1.82) is 0 Å². The van der Waals surface area contributed by atoms with Gasteiger partial charge in [0.15, 0.2) is 0 Å². The molecule has 0 radical (unpaired) electrons. The van der Waals surface area contributed by atoms with E-state index >= 15 is 0 Å². The van der Waals surface area contributed by atoms with E-state index in [0.717, 1.165) is 22.2 Å². The molecule has 1 rings (SSSR count). The summed E-state index contributed by atoms with van der Waals surface area (Å²) in [4.78, 5) is 1.90. The van der Waals surface area contributed by atoms with Crippen molar-refractivity contribution in [3.05, 3.63) is 34.8 Å². The lowest BCUT2D eigenvalue weighted by Crippen LogP contribution is -1.91. The highest BCUT2D eigenvalue weighted by Crippen LogP contribution is 2.27. The van der Waals surface area contributed by atoms with Crippen LogP contribution in [-0.2, 0) is 0 Å². The monoisotopic (exact) mass is 304 g/mol.